The highest BCUT2D eigenvalue weighted by molar-refractivity contribution is 4.90. The van der Waals surface area contributed by atoms with E-state index in [2.05, 4.69) is 0 Å². The van der Waals surface area contributed by atoms with Crippen molar-refractivity contribution < 1.29 is 13.2 Å². The molecule has 0 nitrogen and oxygen atoms in total. The molecular formula is C11H17F3. The van der Waals surface area contributed by atoms with Crippen molar-refractivity contribution in [2.75, 3.05) is 0 Å². The molecule has 3 heteroatoms. The molecule has 0 bridgehead atoms. The van der Waals surface area contributed by atoms with Crippen molar-refractivity contribution in [3.8, 4) is 0 Å². The molecule has 1 aliphatic rings. The minimum atomic E-state index is -4.00. The zero-order valence-electron chi connectivity index (χ0n) is 8.32. The maximum absolute atomic E-state index is 11.8. The van der Waals surface area contributed by atoms with Crippen LogP contribution in [0.25, 0.3) is 0 Å². The Bertz CT molecular complexity index is 175. The van der Waals surface area contributed by atoms with E-state index in [4.69, 9.17) is 0 Å². The van der Waals surface area contributed by atoms with Crippen molar-refractivity contribution in [2.24, 2.45) is 5.92 Å². The van der Waals surface area contributed by atoms with Gasteiger partial charge in [-0.05, 0) is 25.2 Å². The molecule has 0 atom stereocenters. The van der Waals surface area contributed by atoms with Crippen LogP contribution in [0.15, 0.2) is 12.2 Å². The molecule has 0 aliphatic heterocycles. The Balaban J connectivity index is 2.13. The second kappa shape index (κ2) is 5.42. The molecule has 82 valence electrons. The average molecular weight is 206 g/mol. The van der Waals surface area contributed by atoms with E-state index >= 15 is 0 Å². The molecule has 1 saturated carbocycles. The smallest absolute Gasteiger partial charge is 0.171 e. The summed E-state index contributed by atoms with van der Waals surface area (Å²) in [6.07, 6.45) is 5.18. The minimum absolute atomic E-state index is 0.139. The predicted molar refractivity (Wildman–Crippen MR) is 51.0 cm³/mol. The van der Waals surface area contributed by atoms with Gasteiger partial charge in [-0.3, -0.25) is 0 Å². The van der Waals surface area contributed by atoms with Gasteiger partial charge >= 0.3 is 6.18 Å². The number of rotatable bonds is 3. The lowest BCUT2D eigenvalue weighted by molar-refractivity contribution is -0.133. The maximum Gasteiger partial charge on any atom is 0.389 e. The molecule has 1 fully saturated rings. The van der Waals surface area contributed by atoms with Crippen molar-refractivity contribution in [1.82, 2.24) is 0 Å². The van der Waals surface area contributed by atoms with Crippen LogP contribution in [0.2, 0.25) is 0 Å². The van der Waals surface area contributed by atoms with Crippen molar-refractivity contribution in [1.29, 1.82) is 0 Å². The number of alkyl halides is 3. The molecule has 0 saturated heterocycles. The molecule has 0 unspecified atom stereocenters. The summed E-state index contributed by atoms with van der Waals surface area (Å²) >= 11 is 0. The minimum Gasteiger partial charge on any atom is -0.171 e. The van der Waals surface area contributed by atoms with Gasteiger partial charge in [0, 0.05) is 6.42 Å². The lowest BCUT2D eigenvalue weighted by Crippen LogP contribution is -2.06. The van der Waals surface area contributed by atoms with Crippen LogP contribution in [0.3, 0.4) is 0 Å². The molecule has 1 rings (SSSR count). The summed E-state index contributed by atoms with van der Waals surface area (Å²) in [7, 11) is 0. The van der Waals surface area contributed by atoms with Crippen LogP contribution in [-0.2, 0) is 0 Å². The van der Waals surface area contributed by atoms with Gasteiger partial charge in [0.2, 0.25) is 0 Å². The molecular weight excluding hydrogens is 189 g/mol. The van der Waals surface area contributed by atoms with Crippen LogP contribution in [0, 0.1) is 5.92 Å². The highest BCUT2D eigenvalue weighted by atomic mass is 19.4. The lowest BCUT2D eigenvalue weighted by Gasteiger charge is -2.17. The van der Waals surface area contributed by atoms with Gasteiger partial charge < -0.3 is 0 Å². The molecule has 0 spiro atoms. The first-order chi connectivity index (χ1) is 6.58. The van der Waals surface area contributed by atoms with E-state index in [1.165, 1.54) is 19.3 Å². The van der Waals surface area contributed by atoms with Gasteiger partial charge in [-0.15, -0.1) is 0 Å². The summed E-state index contributed by atoms with van der Waals surface area (Å²) in [4.78, 5) is 0. The quantitative estimate of drug-likeness (QED) is 0.598. The third-order valence-corrected chi connectivity index (χ3v) is 2.65. The summed E-state index contributed by atoms with van der Waals surface area (Å²) in [6.45, 7) is 0. The van der Waals surface area contributed by atoms with Crippen molar-refractivity contribution in [3.05, 3.63) is 12.2 Å². The largest absolute Gasteiger partial charge is 0.389 e. The van der Waals surface area contributed by atoms with Crippen LogP contribution >= 0.6 is 0 Å². The van der Waals surface area contributed by atoms with Gasteiger partial charge in [-0.1, -0.05) is 31.4 Å². The highest BCUT2D eigenvalue weighted by Gasteiger charge is 2.25. The Labute approximate surface area is 83.2 Å². The SMILES string of the molecule is FC(F)(F)CCC=CC1CCCCC1. The molecule has 0 aromatic heterocycles. The van der Waals surface area contributed by atoms with E-state index in [1.54, 1.807) is 6.08 Å². The van der Waals surface area contributed by atoms with E-state index in [0.29, 0.717) is 5.92 Å². The molecule has 14 heavy (non-hydrogen) atoms. The summed E-state index contributed by atoms with van der Waals surface area (Å²) < 4.78 is 35.4. The second-order valence-corrected chi connectivity index (χ2v) is 3.98. The molecule has 0 radical (unpaired) electrons. The monoisotopic (exact) mass is 206 g/mol. The van der Waals surface area contributed by atoms with Crippen molar-refractivity contribution in [3.63, 3.8) is 0 Å². The predicted octanol–water partition coefficient (Wildman–Crippen LogP) is 4.47. The molecule has 0 aromatic rings. The Morgan fingerprint density at radius 2 is 1.71 bits per heavy atom. The molecule has 1 aliphatic carbocycles. The van der Waals surface area contributed by atoms with Gasteiger partial charge in [-0.25, -0.2) is 0 Å². The Morgan fingerprint density at radius 3 is 2.29 bits per heavy atom. The zero-order chi connectivity index (χ0) is 10.4. The fourth-order valence-electron chi connectivity index (χ4n) is 1.86. The first-order valence-corrected chi connectivity index (χ1v) is 5.31. The van der Waals surface area contributed by atoms with Crippen LogP contribution in [-0.4, -0.2) is 6.18 Å². The molecule has 0 aromatic carbocycles. The third-order valence-electron chi connectivity index (χ3n) is 2.65. The van der Waals surface area contributed by atoms with E-state index in [0.717, 1.165) is 12.8 Å². The highest BCUT2D eigenvalue weighted by Crippen LogP contribution is 2.26. The van der Waals surface area contributed by atoms with Gasteiger partial charge in [0.25, 0.3) is 0 Å². The average Bonchev–Trinajstić information content (AvgIpc) is 2.13. The normalized spacial score (nSPS) is 20.5. The standard InChI is InChI=1S/C11H17F3/c12-11(13,14)9-5-4-8-10-6-2-1-3-7-10/h4,8,10H,1-3,5-7,9H2. The zero-order valence-corrected chi connectivity index (χ0v) is 8.32. The van der Waals surface area contributed by atoms with Crippen LogP contribution < -0.4 is 0 Å². The van der Waals surface area contributed by atoms with Gasteiger partial charge in [0.15, 0.2) is 0 Å². The summed E-state index contributed by atoms with van der Waals surface area (Å²) in [6, 6.07) is 0. The third kappa shape index (κ3) is 5.30. The Morgan fingerprint density at radius 1 is 1.07 bits per heavy atom. The van der Waals surface area contributed by atoms with Crippen molar-refractivity contribution >= 4 is 0 Å². The van der Waals surface area contributed by atoms with E-state index in [9.17, 15) is 13.2 Å². The summed E-state index contributed by atoms with van der Waals surface area (Å²) in [5, 5.41) is 0. The van der Waals surface area contributed by atoms with Crippen molar-refractivity contribution in [2.45, 2.75) is 51.1 Å². The maximum atomic E-state index is 11.8. The number of hydrogen-bond acceptors (Lipinski definition) is 0. The number of halogens is 3. The first kappa shape index (κ1) is 11.6. The summed E-state index contributed by atoms with van der Waals surface area (Å²) in [5.74, 6) is 0.539. The lowest BCUT2D eigenvalue weighted by atomic mass is 9.89. The molecule has 0 amide bonds. The molecule has 0 heterocycles. The Hall–Kier alpha value is -0.470. The van der Waals surface area contributed by atoms with E-state index in [1.807, 2.05) is 6.08 Å². The fourth-order valence-corrected chi connectivity index (χ4v) is 1.86. The molecule has 0 N–H and O–H groups in total. The van der Waals surface area contributed by atoms with E-state index in [-0.39, 0.29) is 6.42 Å². The Kier molecular flexibility index (Phi) is 4.49. The first-order valence-electron chi connectivity index (χ1n) is 5.31. The van der Waals surface area contributed by atoms with Crippen LogP contribution in [0.1, 0.15) is 44.9 Å². The number of allylic oxidation sites excluding steroid dienone is 2. The number of hydrogen-bond donors (Lipinski definition) is 0. The fraction of sp³-hybridized carbons (Fsp3) is 0.818. The topological polar surface area (TPSA) is 0 Å². The van der Waals surface area contributed by atoms with Crippen LogP contribution in [0.4, 0.5) is 13.2 Å². The van der Waals surface area contributed by atoms with Crippen LogP contribution in [0.5, 0.6) is 0 Å². The van der Waals surface area contributed by atoms with E-state index < -0.39 is 12.6 Å². The second-order valence-electron chi connectivity index (χ2n) is 3.98. The van der Waals surface area contributed by atoms with Gasteiger partial charge in [0.05, 0.1) is 0 Å². The van der Waals surface area contributed by atoms with Gasteiger partial charge in [-0.2, -0.15) is 13.2 Å². The van der Waals surface area contributed by atoms with Gasteiger partial charge in [0.1, 0.15) is 0 Å². The summed E-state index contributed by atoms with van der Waals surface area (Å²) in [5.41, 5.74) is 0.